The van der Waals surface area contributed by atoms with Crippen molar-refractivity contribution in [1.29, 1.82) is 0 Å². The molecule has 5 heteroatoms. The first-order valence-corrected chi connectivity index (χ1v) is 6.58. The summed E-state index contributed by atoms with van der Waals surface area (Å²) in [7, 11) is 6.29. The number of hydrogen-bond donors (Lipinski definition) is 2. The molecule has 0 bridgehead atoms. The van der Waals surface area contributed by atoms with Crippen LogP contribution in [0.25, 0.3) is 0 Å². The van der Waals surface area contributed by atoms with E-state index in [9.17, 15) is 4.79 Å². The molecule has 1 atom stereocenters. The zero-order valence-corrected chi connectivity index (χ0v) is 12.1. The second kappa shape index (κ2) is 5.55. The fraction of sp³-hybridized carbons (Fsp3) is 0.923. The molecule has 0 aromatic rings. The first-order valence-electron chi connectivity index (χ1n) is 6.58. The van der Waals surface area contributed by atoms with Gasteiger partial charge in [-0.2, -0.15) is 0 Å². The van der Waals surface area contributed by atoms with E-state index >= 15 is 0 Å². The smallest absolute Gasteiger partial charge is 0.323 e. The van der Waals surface area contributed by atoms with E-state index in [0.29, 0.717) is 6.42 Å². The summed E-state index contributed by atoms with van der Waals surface area (Å²) in [5.41, 5.74) is 4.90. The number of likely N-dealkylation sites (N-methyl/N-ethyl adjacent to an activating group) is 2. The van der Waals surface area contributed by atoms with E-state index in [1.165, 1.54) is 19.3 Å². The van der Waals surface area contributed by atoms with Crippen LogP contribution in [0.1, 0.15) is 32.6 Å². The van der Waals surface area contributed by atoms with Crippen LogP contribution < -0.4 is 5.73 Å². The molecule has 1 unspecified atom stereocenters. The Balaban J connectivity index is 2.42. The largest absolute Gasteiger partial charge is 0.480 e. The molecule has 1 aliphatic carbocycles. The van der Waals surface area contributed by atoms with Crippen LogP contribution in [0.2, 0.25) is 0 Å². The predicted molar refractivity (Wildman–Crippen MR) is 72.6 cm³/mol. The maximum atomic E-state index is 10.9. The highest BCUT2D eigenvalue weighted by atomic mass is 16.4. The summed E-state index contributed by atoms with van der Waals surface area (Å²) in [6.07, 6.45) is 4.21. The molecule has 1 rings (SSSR count). The van der Waals surface area contributed by atoms with Gasteiger partial charge in [0.15, 0.2) is 0 Å². The fourth-order valence-corrected chi connectivity index (χ4v) is 2.44. The van der Waals surface area contributed by atoms with Gasteiger partial charge in [0.25, 0.3) is 0 Å². The van der Waals surface area contributed by atoms with E-state index in [4.69, 9.17) is 10.8 Å². The second-order valence-electron chi connectivity index (χ2n) is 6.18. The quantitative estimate of drug-likeness (QED) is 0.699. The Labute approximate surface area is 110 Å². The highest BCUT2D eigenvalue weighted by Gasteiger charge is 2.40. The van der Waals surface area contributed by atoms with Crippen LogP contribution >= 0.6 is 0 Å². The van der Waals surface area contributed by atoms with Crippen LogP contribution in [0.5, 0.6) is 0 Å². The standard InChI is InChI=1S/C13H27N3O2/c1-12(14,11(17)18)8-9-16(4)10-13(15(2)3)6-5-7-13/h5-10,14H2,1-4H3,(H,17,18). The second-order valence-corrected chi connectivity index (χ2v) is 6.18. The molecule has 0 aromatic heterocycles. The zero-order chi connectivity index (χ0) is 14.0. The minimum atomic E-state index is -1.13. The van der Waals surface area contributed by atoms with Crippen molar-refractivity contribution in [1.82, 2.24) is 9.80 Å². The van der Waals surface area contributed by atoms with Crippen LogP contribution in [0.4, 0.5) is 0 Å². The van der Waals surface area contributed by atoms with E-state index in [0.717, 1.165) is 13.1 Å². The Morgan fingerprint density at radius 3 is 2.28 bits per heavy atom. The number of hydrogen-bond acceptors (Lipinski definition) is 4. The molecule has 0 amide bonds. The molecular weight excluding hydrogens is 230 g/mol. The molecule has 1 fully saturated rings. The van der Waals surface area contributed by atoms with Gasteiger partial charge in [0.2, 0.25) is 0 Å². The van der Waals surface area contributed by atoms with Crippen LogP contribution in [-0.2, 0) is 4.79 Å². The Bertz CT molecular complexity index is 299. The lowest BCUT2D eigenvalue weighted by Gasteiger charge is -2.49. The SMILES string of the molecule is CN(CCC(C)(N)C(=O)O)CC1(N(C)C)CCC1. The Morgan fingerprint density at radius 1 is 1.39 bits per heavy atom. The summed E-state index contributed by atoms with van der Waals surface area (Å²) in [5, 5.41) is 8.98. The lowest BCUT2D eigenvalue weighted by atomic mass is 9.75. The van der Waals surface area contributed by atoms with Crippen LogP contribution in [0.15, 0.2) is 0 Å². The van der Waals surface area contributed by atoms with E-state index < -0.39 is 11.5 Å². The van der Waals surface area contributed by atoms with E-state index in [-0.39, 0.29) is 5.54 Å². The van der Waals surface area contributed by atoms with Crippen molar-refractivity contribution in [2.75, 3.05) is 34.2 Å². The number of carbonyl (C=O) groups is 1. The predicted octanol–water partition coefficient (Wildman–Crippen LogP) is 0.595. The molecular formula is C13H27N3O2. The van der Waals surface area contributed by atoms with Crippen LogP contribution in [-0.4, -0.2) is 66.2 Å². The summed E-state index contributed by atoms with van der Waals surface area (Å²) < 4.78 is 0. The van der Waals surface area contributed by atoms with Crippen molar-refractivity contribution in [2.45, 2.75) is 43.7 Å². The summed E-state index contributed by atoms with van der Waals surface area (Å²) in [6, 6.07) is 0. The Morgan fingerprint density at radius 2 is 1.94 bits per heavy atom. The van der Waals surface area contributed by atoms with Gasteiger partial charge >= 0.3 is 5.97 Å². The van der Waals surface area contributed by atoms with Gasteiger partial charge in [-0.3, -0.25) is 4.79 Å². The van der Waals surface area contributed by atoms with Crippen molar-refractivity contribution in [3.8, 4) is 0 Å². The van der Waals surface area contributed by atoms with Gasteiger partial charge in [-0.05, 0) is 53.8 Å². The average molecular weight is 257 g/mol. The van der Waals surface area contributed by atoms with Crippen LogP contribution in [0, 0.1) is 0 Å². The third-order valence-electron chi connectivity index (χ3n) is 4.30. The normalized spacial score (nSPS) is 21.7. The molecule has 0 aliphatic heterocycles. The Hall–Kier alpha value is -0.650. The summed E-state index contributed by atoms with van der Waals surface area (Å²) >= 11 is 0. The van der Waals surface area contributed by atoms with Gasteiger partial charge < -0.3 is 20.6 Å². The number of aliphatic carboxylic acids is 1. The van der Waals surface area contributed by atoms with Crippen molar-refractivity contribution in [3.05, 3.63) is 0 Å². The third-order valence-corrected chi connectivity index (χ3v) is 4.30. The number of carboxylic acid groups (broad SMARTS) is 1. The van der Waals surface area contributed by atoms with Crippen molar-refractivity contribution < 1.29 is 9.90 Å². The first-order chi connectivity index (χ1) is 8.19. The first kappa shape index (κ1) is 15.4. The molecule has 18 heavy (non-hydrogen) atoms. The van der Waals surface area contributed by atoms with Gasteiger partial charge in [0.05, 0.1) is 0 Å². The molecule has 0 radical (unpaired) electrons. The minimum Gasteiger partial charge on any atom is -0.480 e. The molecule has 5 nitrogen and oxygen atoms in total. The third kappa shape index (κ3) is 3.43. The maximum Gasteiger partial charge on any atom is 0.323 e. The minimum absolute atomic E-state index is 0.281. The van der Waals surface area contributed by atoms with Gasteiger partial charge in [-0.25, -0.2) is 0 Å². The van der Waals surface area contributed by atoms with E-state index in [1.807, 2.05) is 7.05 Å². The maximum absolute atomic E-state index is 10.9. The molecule has 0 spiro atoms. The van der Waals surface area contributed by atoms with Crippen molar-refractivity contribution in [3.63, 3.8) is 0 Å². The molecule has 0 aromatic carbocycles. The highest BCUT2D eigenvalue weighted by molar-refractivity contribution is 5.77. The fourth-order valence-electron chi connectivity index (χ4n) is 2.44. The zero-order valence-electron chi connectivity index (χ0n) is 12.1. The number of rotatable bonds is 7. The molecule has 106 valence electrons. The van der Waals surface area contributed by atoms with Gasteiger partial charge in [0, 0.05) is 18.6 Å². The van der Waals surface area contributed by atoms with Gasteiger partial charge in [-0.15, -0.1) is 0 Å². The average Bonchev–Trinajstić information content (AvgIpc) is 2.20. The lowest BCUT2D eigenvalue weighted by Crippen LogP contribution is -2.57. The number of nitrogens with two attached hydrogens (primary N) is 1. The molecule has 1 aliphatic rings. The molecule has 0 heterocycles. The van der Waals surface area contributed by atoms with Gasteiger partial charge in [-0.1, -0.05) is 0 Å². The summed E-state index contributed by atoms with van der Waals surface area (Å²) in [4.78, 5) is 15.4. The van der Waals surface area contributed by atoms with Crippen LogP contribution in [0.3, 0.4) is 0 Å². The summed E-state index contributed by atoms with van der Waals surface area (Å²) in [5.74, 6) is -0.929. The molecule has 1 saturated carbocycles. The van der Waals surface area contributed by atoms with Crippen molar-refractivity contribution in [2.24, 2.45) is 5.73 Å². The number of nitrogens with zero attached hydrogens (tertiary/aromatic N) is 2. The highest BCUT2D eigenvalue weighted by Crippen LogP contribution is 2.36. The monoisotopic (exact) mass is 257 g/mol. The molecule has 3 N–H and O–H groups in total. The topological polar surface area (TPSA) is 69.8 Å². The van der Waals surface area contributed by atoms with E-state index in [1.54, 1.807) is 6.92 Å². The summed E-state index contributed by atoms with van der Waals surface area (Å²) in [6.45, 7) is 3.28. The Kier molecular flexibility index (Phi) is 4.75. The number of carboxylic acids is 1. The molecule has 0 saturated heterocycles. The van der Waals surface area contributed by atoms with Crippen molar-refractivity contribution >= 4 is 5.97 Å². The van der Waals surface area contributed by atoms with Gasteiger partial charge in [0.1, 0.15) is 5.54 Å². The lowest BCUT2D eigenvalue weighted by molar-refractivity contribution is -0.143. The van der Waals surface area contributed by atoms with E-state index in [2.05, 4.69) is 23.9 Å².